The molecule has 3 unspecified atom stereocenters. The first-order valence-electron chi connectivity index (χ1n) is 10.9. The lowest BCUT2D eigenvalue weighted by Gasteiger charge is -2.58. The molecule has 0 heterocycles. The summed E-state index contributed by atoms with van der Waals surface area (Å²) in [6.45, 7) is 6.60. The molecule has 0 aliphatic heterocycles. The second-order valence-corrected chi connectivity index (χ2v) is 9.79. The Labute approximate surface area is 168 Å². The van der Waals surface area contributed by atoms with Gasteiger partial charge in [0.05, 0.1) is 6.61 Å². The topological polar surface area (TPSA) is 63.6 Å². The van der Waals surface area contributed by atoms with Crippen molar-refractivity contribution in [3.05, 3.63) is 11.6 Å². The zero-order valence-corrected chi connectivity index (χ0v) is 17.3. The van der Waals surface area contributed by atoms with E-state index < -0.39 is 11.6 Å². The van der Waals surface area contributed by atoms with E-state index in [9.17, 15) is 14.7 Å². The molecule has 0 aromatic heterocycles. The van der Waals surface area contributed by atoms with Crippen LogP contribution in [0, 0.1) is 40.4 Å². The van der Waals surface area contributed by atoms with E-state index in [1.165, 1.54) is 5.57 Å². The van der Waals surface area contributed by atoms with E-state index in [0.717, 1.165) is 38.5 Å². The number of carbonyl (C=O) groups is 2. The van der Waals surface area contributed by atoms with E-state index in [-0.39, 0.29) is 16.6 Å². The van der Waals surface area contributed by atoms with Crippen LogP contribution in [0.15, 0.2) is 11.6 Å². The zero-order chi connectivity index (χ0) is 20.2. The Morgan fingerprint density at radius 1 is 1.18 bits per heavy atom. The van der Waals surface area contributed by atoms with E-state index >= 15 is 0 Å². The molecule has 6 atom stereocenters. The lowest BCUT2D eigenvalue weighted by molar-refractivity contribution is -0.136. The molecular formula is C24H32O4. The Hall–Kier alpha value is -1.60. The lowest BCUT2D eigenvalue weighted by Crippen LogP contribution is -2.54. The monoisotopic (exact) mass is 384 g/mol. The number of fused-ring (bicyclic) bond motifs is 5. The molecule has 3 fully saturated rings. The average Bonchev–Trinajstić information content (AvgIpc) is 2.93. The summed E-state index contributed by atoms with van der Waals surface area (Å²) in [5, 5.41) is 11.4. The van der Waals surface area contributed by atoms with Crippen molar-refractivity contribution in [3.8, 4) is 11.8 Å². The number of allylic oxidation sites excluding steroid dienone is 1. The van der Waals surface area contributed by atoms with Crippen LogP contribution in [0.3, 0.4) is 0 Å². The number of rotatable bonds is 1. The Morgan fingerprint density at radius 2 is 1.93 bits per heavy atom. The molecule has 152 valence electrons. The number of ether oxygens (including phenoxy) is 1. The molecule has 4 nitrogen and oxygen atoms in total. The van der Waals surface area contributed by atoms with Crippen LogP contribution in [-0.2, 0) is 14.3 Å². The Morgan fingerprint density at radius 3 is 2.68 bits per heavy atom. The maximum atomic E-state index is 12.0. The van der Waals surface area contributed by atoms with E-state index in [1.807, 2.05) is 6.08 Å². The van der Waals surface area contributed by atoms with Crippen LogP contribution in [0.4, 0.5) is 0 Å². The fourth-order valence-electron chi connectivity index (χ4n) is 7.10. The summed E-state index contributed by atoms with van der Waals surface area (Å²) >= 11 is 0. The summed E-state index contributed by atoms with van der Waals surface area (Å²) in [5.74, 6) is 6.77. The van der Waals surface area contributed by atoms with Gasteiger partial charge < -0.3 is 9.84 Å². The Kier molecular flexibility index (Phi) is 4.74. The van der Waals surface area contributed by atoms with Gasteiger partial charge in [-0.15, -0.1) is 0 Å². The second kappa shape index (κ2) is 6.73. The van der Waals surface area contributed by atoms with Gasteiger partial charge in [0.2, 0.25) is 0 Å². The maximum Gasteiger partial charge on any atom is 0.384 e. The van der Waals surface area contributed by atoms with Gasteiger partial charge in [-0.05, 0) is 81.1 Å². The van der Waals surface area contributed by atoms with Crippen LogP contribution in [0.5, 0.6) is 0 Å². The molecule has 0 amide bonds. The van der Waals surface area contributed by atoms with Gasteiger partial charge in [-0.1, -0.05) is 25.3 Å². The van der Waals surface area contributed by atoms with Crippen molar-refractivity contribution in [2.75, 3.05) is 6.61 Å². The van der Waals surface area contributed by atoms with Crippen molar-refractivity contribution in [1.29, 1.82) is 0 Å². The van der Waals surface area contributed by atoms with Crippen molar-refractivity contribution in [2.45, 2.75) is 77.7 Å². The Bertz CT molecular complexity index is 786. The van der Waals surface area contributed by atoms with Crippen LogP contribution in [-0.4, -0.2) is 29.1 Å². The van der Waals surface area contributed by atoms with Crippen molar-refractivity contribution in [2.24, 2.45) is 28.6 Å². The third-order valence-electron chi connectivity index (χ3n) is 8.76. The summed E-state index contributed by atoms with van der Waals surface area (Å²) < 4.78 is 4.93. The highest BCUT2D eigenvalue weighted by molar-refractivity contribution is 5.91. The lowest BCUT2D eigenvalue weighted by atomic mass is 9.46. The average molecular weight is 385 g/mol. The molecule has 0 spiro atoms. The number of carbonyl (C=O) groups excluding carboxylic acids is 2. The predicted molar refractivity (Wildman–Crippen MR) is 106 cm³/mol. The minimum Gasteiger partial charge on any atom is -0.456 e. The number of hydrogen-bond donors (Lipinski definition) is 1. The third kappa shape index (κ3) is 2.77. The molecular weight excluding hydrogens is 352 g/mol. The molecule has 3 saturated carbocycles. The highest BCUT2D eigenvalue weighted by atomic mass is 16.5. The number of ketones is 1. The van der Waals surface area contributed by atoms with Crippen LogP contribution in [0.25, 0.3) is 0 Å². The molecule has 28 heavy (non-hydrogen) atoms. The largest absolute Gasteiger partial charge is 0.456 e. The summed E-state index contributed by atoms with van der Waals surface area (Å²) in [6, 6.07) is 0. The van der Waals surface area contributed by atoms with Crippen molar-refractivity contribution in [1.82, 2.24) is 0 Å². The van der Waals surface area contributed by atoms with E-state index in [1.54, 1.807) is 6.92 Å². The smallest absolute Gasteiger partial charge is 0.384 e. The zero-order valence-electron chi connectivity index (χ0n) is 17.3. The molecule has 0 saturated heterocycles. The SMILES string of the molecule is CCOC(=O)C#C[C@]1(O)CCC2C3CCC4=CC(=O)CC[C@]4(C)C3CC[C@@]21C. The maximum absolute atomic E-state index is 12.0. The first-order valence-corrected chi connectivity index (χ1v) is 10.9. The molecule has 4 rings (SSSR count). The van der Waals surface area contributed by atoms with Gasteiger partial charge in [0, 0.05) is 17.8 Å². The number of esters is 1. The molecule has 1 N–H and O–H groups in total. The minimum absolute atomic E-state index is 0.134. The van der Waals surface area contributed by atoms with Gasteiger partial charge >= 0.3 is 5.97 Å². The molecule has 4 aliphatic carbocycles. The normalized spacial score (nSPS) is 44.4. The highest BCUT2D eigenvalue weighted by Crippen LogP contribution is 2.67. The Balaban J connectivity index is 1.61. The van der Waals surface area contributed by atoms with E-state index in [0.29, 0.717) is 37.2 Å². The van der Waals surface area contributed by atoms with Gasteiger partial charge in [0.15, 0.2) is 5.78 Å². The first-order chi connectivity index (χ1) is 13.2. The molecule has 0 radical (unpaired) electrons. The van der Waals surface area contributed by atoms with Crippen molar-refractivity contribution in [3.63, 3.8) is 0 Å². The summed E-state index contributed by atoms with van der Waals surface area (Å²) in [6.07, 6.45) is 9.23. The molecule has 0 bridgehead atoms. The third-order valence-corrected chi connectivity index (χ3v) is 8.76. The summed E-state index contributed by atoms with van der Waals surface area (Å²) in [7, 11) is 0. The van der Waals surface area contributed by atoms with E-state index in [2.05, 4.69) is 25.7 Å². The number of aliphatic hydroxyl groups is 1. The van der Waals surface area contributed by atoms with Gasteiger partial charge in [-0.25, -0.2) is 4.79 Å². The van der Waals surface area contributed by atoms with Gasteiger partial charge in [-0.2, -0.15) is 0 Å². The molecule has 4 aliphatic rings. The van der Waals surface area contributed by atoms with Gasteiger partial charge in [0.1, 0.15) is 5.60 Å². The van der Waals surface area contributed by atoms with E-state index in [4.69, 9.17) is 4.74 Å². The number of hydrogen-bond acceptors (Lipinski definition) is 4. The van der Waals surface area contributed by atoms with Crippen molar-refractivity contribution >= 4 is 11.8 Å². The molecule has 0 aromatic carbocycles. The van der Waals surface area contributed by atoms with Crippen LogP contribution in [0.2, 0.25) is 0 Å². The molecule has 4 heteroatoms. The standard InChI is InChI=1S/C24H32O4/c1-4-28-21(26)10-14-24(27)13-9-20-18-6-5-16-15-17(25)7-11-22(16,2)19(18)8-12-23(20,24)3/h15,18-20,27H,4-9,11-13H2,1-3H3/t18?,19?,20?,22-,23-,24+/m0/s1. The fraction of sp³-hybridized carbons (Fsp3) is 0.750. The highest BCUT2D eigenvalue weighted by Gasteiger charge is 2.63. The van der Waals surface area contributed by atoms with Crippen LogP contribution < -0.4 is 0 Å². The van der Waals surface area contributed by atoms with Gasteiger partial charge in [0.25, 0.3) is 0 Å². The summed E-state index contributed by atoms with van der Waals surface area (Å²) in [4.78, 5) is 23.7. The first kappa shape index (κ1) is 19.7. The minimum atomic E-state index is -1.12. The van der Waals surface area contributed by atoms with Crippen LogP contribution >= 0.6 is 0 Å². The van der Waals surface area contributed by atoms with Crippen LogP contribution in [0.1, 0.15) is 72.1 Å². The molecule has 0 aromatic rings. The predicted octanol–water partition coefficient (Wildman–Crippen LogP) is 3.82. The second-order valence-electron chi connectivity index (χ2n) is 9.79. The van der Waals surface area contributed by atoms with Gasteiger partial charge in [-0.3, -0.25) is 4.79 Å². The van der Waals surface area contributed by atoms with Crippen molar-refractivity contribution < 1.29 is 19.4 Å². The summed E-state index contributed by atoms with van der Waals surface area (Å²) in [5.41, 5.74) is 0.101. The fourth-order valence-corrected chi connectivity index (χ4v) is 7.10. The quantitative estimate of drug-likeness (QED) is 0.424.